The molecule has 3 nitrogen and oxygen atoms in total. The minimum Gasteiger partial charge on any atom is -0.478 e. The van der Waals surface area contributed by atoms with Crippen molar-refractivity contribution >= 4 is 23.3 Å². The monoisotopic (exact) mass is 289 g/mol. The standard InChI is InChI=1S/C16H16ClNO2/c1-10-9-12(7-8-13(10)16(19)20)18-11(2)14-5-3-4-6-15(14)17/h3-9,11,18H,1-2H3,(H,19,20). The molecule has 0 aliphatic rings. The molecule has 0 amide bonds. The van der Waals surface area contributed by atoms with Crippen molar-refractivity contribution in [2.75, 3.05) is 5.32 Å². The van der Waals surface area contributed by atoms with Crippen molar-refractivity contribution in [1.82, 2.24) is 0 Å². The van der Waals surface area contributed by atoms with Crippen LogP contribution < -0.4 is 5.32 Å². The van der Waals surface area contributed by atoms with Crippen molar-refractivity contribution in [3.05, 3.63) is 64.2 Å². The molecule has 20 heavy (non-hydrogen) atoms. The molecule has 1 unspecified atom stereocenters. The fourth-order valence-electron chi connectivity index (χ4n) is 2.15. The number of hydrogen-bond acceptors (Lipinski definition) is 2. The van der Waals surface area contributed by atoms with Crippen molar-refractivity contribution < 1.29 is 9.90 Å². The van der Waals surface area contributed by atoms with E-state index in [1.54, 1.807) is 19.1 Å². The smallest absolute Gasteiger partial charge is 0.335 e. The third kappa shape index (κ3) is 3.11. The summed E-state index contributed by atoms with van der Waals surface area (Å²) in [6.45, 7) is 3.80. The van der Waals surface area contributed by atoms with Crippen LogP contribution in [0.5, 0.6) is 0 Å². The highest BCUT2D eigenvalue weighted by molar-refractivity contribution is 6.31. The molecular weight excluding hydrogens is 274 g/mol. The maximum absolute atomic E-state index is 11.0. The zero-order valence-electron chi connectivity index (χ0n) is 11.4. The van der Waals surface area contributed by atoms with E-state index in [2.05, 4.69) is 5.32 Å². The highest BCUT2D eigenvalue weighted by atomic mass is 35.5. The van der Waals surface area contributed by atoms with Gasteiger partial charge in [0.25, 0.3) is 0 Å². The van der Waals surface area contributed by atoms with Crippen LogP contribution >= 0.6 is 11.6 Å². The molecule has 0 radical (unpaired) electrons. The Morgan fingerprint density at radius 1 is 1.25 bits per heavy atom. The summed E-state index contributed by atoms with van der Waals surface area (Å²) in [5.41, 5.74) is 2.93. The Balaban J connectivity index is 2.20. The molecule has 2 rings (SSSR count). The molecule has 0 saturated carbocycles. The first-order valence-electron chi connectivity index (χ1n) is 6.34. The van der Waals surface area contributed by atoms with E-state index in [4.69, 9.17) is 16.7 Å². The van der Waals surface area contributed by atoms with Gasteiger partial charge in [-0.1, -0.05) is 29.8 Å². The summed E-state index contributed by atoms with van der Waals surface area (Å²) in [7, 11) is 0. The fourth-order valence-corrected chi connectivity index (χ4v) is 2.45. The van der Waals surface area contributed by atoms with Gasteiger partial charge in [-0.05, 0) is 49.2 Å². The summed E-state index contributed by atoms with van der Waals surface area (Å²) in [4.78, 5) is 11.0. The van der Waals surface area contributed by atoms with Crippen LogP contribution in [0.4, 0.5) is 5.69 Å². The first-order valence-corrected chi connectivity index (χ1v) is 6.71. The summed E-state index contributed by atoms with van der Waals surface area (Å²) >= 11 is 6.17. The van der Waals surface area contributed by atoms with Gasteiger partial charge in [0.05, 0.1) is 5.56 Å². The number of anilines is 1. The lowest BCUT2D eigenvalue weighted by atomic mass is 10.1. The molecular formula is C16H16ClNO2. The van der Waals surface area contributed by atoms with Crippen molar-refractivity contribution in [2.45, 2.75) is 19.9 Å². The topological polar surface area (TPSA) is 49.3 Å². The van der Waals surface area contributed by atoms with Crippen molar-refractivity contribution in [3.8, 4) is 0 Å². The SMILES string of the molecule is Cc1cc(NC(C)c2ccccc2Cl)ccc1C(=O)O. The molecule has 0 spiro atoms. The van der Waals surface area contributed by atoms with Gasteiger partial charge in [0.2, 0.25) is 0 Å². The third-order valence-corrected chi connectivity index (χ3v) is 3.56. The molecule has 0 aliphatic heterocycles. The van der Waals surface area contributed by atoms with Crippen LogP contribution in [-0.2, 0) is 0 Å². The molecule has 2 aromatic rings. The Kier molecular flexibility index (Phi) is 4.30. The lowest BCUT2D eigenvalue weighted by Crippen LogP contribution is -2.08. The van der Waals surface area contributed by atoms with Crippen LogP contribution in [0.15, 0.2) is 42.5 Å². The van der Waals surface area contributed by atoms with E-state index in [9.17, 15) is 4.79 Å². The summed E-state index contributed by atoms with van der Waals surface area (Å²) in [6, 6.07) is 12.9. The molecule has 0 aromatic heterocycles. The quantitative estimate of drug-likeness (QED) is 0.870. The minimum absolute atomic E-state index is 0.0405. The number of benzene rings is 2. The van der Waals surface area contributed by atoms with Gasteiger partial charge in [0.1, 0.15) is 0 Å². The normalized spacial score (nSPS) is 11.9. The Bertz CT molecular complexity index is 640. The van der Waals surface area contributed by atoms with Gasteiger partial charge in [-0.2, -0.15) is 0 Å². The molecule has 2 aromatic carbocycles. The average molecular weight is 290 g/mol. The fraction of sp³-hybridized carbons (Fsp3) is 0.188. The molecule has 1 atom stereocenters. The zero-order valence-corrected chi connectivity index (χ0v) is 12.1. The zero-order chi connectivity index (χ0) is 14.7. The van der Waals surface area contributed by atoms with Gasteiger partial charge in [-0.15, -0.1) is 0 Å². The maximum atomic E-state index is 11.0. The van der Waals surface area contributed by atoms with E-state index in [1.807, 2.05) is 37.3 Å². The van der Waals surface area contributed by atoms with Gasteiger partial charge >= 0.3 is 5.97 Å². The van der Waals surface area contributed by atoms with E-state index < -0.39 is 5.97 Å². The second kappa shape index (κ2) is 5.97. The molecule has 0 bridgehead atoms. The Morgan fingerprint density at radius 2 is 1.95 bits per heavy atom. The van der Waals surface area contributed by atoms with Crippen molar-refractivity contribution in [3.63, 3.8) is 0 Å². The number of aromatic carboxylic acids is 1. The van der Waals surface area contributed by atoms with Crippen LogP contribution in [0.2, 0.25) is 5.02 Å². The number of carbonyl (C=O) groups is 1. The van der Waals surface area contributed by atoms with Gasteiger partial charge in [-0.3, -0.25) is 0 Å². The van der Waals surface area contributed by atoms with E-state index in [0.717, 1.165) is 16.8 Å². The van der Waals surface area contributed by atoms with Crippen LogP contribution in [0.3, 0.4) is 0 Å². The number of halogens is 1. The van der Waals surface area contributed by atoms with E-state index in [-0.39, 0.29) is 6.04 Å². The number of rotatable bonds is 4. The predicted octanol–water partition coefficient (Wildman–Crippen LogP) is 4.52. The largest absolute Gasteiger partial charge is 0.478 e. The Hall–Kier alpha value is -2.00. The highest BCUT2D eigenvalue weighted by Gasteiger charge is 2.11. The van der Waals surface area contributed by atoms with Crippen molar-refractivity contribution in [2.24, 2.45) is 0 Å². The number of carboxylic acids is 1. The summed E-state index contributed by atoms with van der Waals surface area (Å²) in [5.74, 6) is -0.909. The van der Waals surface area contributed by atoms with Crippen LogP contribution in [-0.4, -0.2) is 11.1 Å². The van der Waals surface area contributed by atoms with E-state index in [0.29, 0.717) is 10.6 Å². The molecule has 2 N–H and O–H groups in total. The summed E-state index contributed by atoms with van der Waals surface area (Å²) < 4.78 is 0. The number of aryl methyl sites for hydroxylation is 1. The van der Waals surface area contributed by atoms with Gasteiger partial charge < -0.3 is 10.4 Å². The first-order chi connectivity index (χ1) is 9.49. The lowest BCUT2D eigenvalue weighted by molar-refractivity contribution is 0.0696. The van der Waals surface area contributed by atoms with Gasteiger partial charge in [-0.25, -0.2) is 4.79 Å². The Labute approximate surface area is 123 Å². The number of carboxylic acid groups (broad SMARTS) is 1. The molecule has 104 valence electrons. The molecule has 4 heteroatoms. The molecule has 0 fully saturated rings. The third-order valence-electron chi connectivity index (χ3n) is 3.21. The summed E-state index contributed by atoms with van der Waals surface area (Å²) in [6.07, 6.45) is 0. The van der Waals surface area contributed by atoms with Gasteiger partial charge in [0.15, 0.2) is 0 Å². The molecule has 0 saturated heterocycles. The van der Waals surface area contributed by atoms with Crippen LogP contribution in [0, 0.1) is 6.92 Å². The Morgan fingerprint density at radius 3 is 2.55 bits per heavy atom. The second-order valence-corrected chi connectivity index (χ2v) is 5.13. The summed E-state index contributed by atoms with van der Waals surface area (Å²) in [5, 5.41) is 13.1. The van der Waals surface area contributed by atoms with E-state index >= 15 is 0 Å². The van der Waals surface area contributed by atoms with Crippen molar-refractivity contribution in [1.29, 1.82) is 0 Å². The number of hydrogen-bond donors (Lipinski definition) is 2. The van der Waals surface area contributed by atoms with Crippen LogP contribution in [0.25, 0.3) is 0 Å². The average Bonchev–Trinajstić information content (AvgIpc) is 2.38. The highest BCUT2D eigenvalue weighted by Crippen LogP contribution is 2.26. The predicted molar refractivity (Wildman–Crippen MR) is 81.6 cm³/mol. The van der Waals surface area contributed by atoms with Gasteiger partial charge in [0, 0.05) is 16.8 Å². The van der Waals surface area contributed by atoms with Crippen LogP contribution in [0.1, 0.15) is 34.5 Å². The van der Waals surface area contributed by atoms with E-state index in [1.165, 1.54) is 0 Å². The first kappa shape index (κ1) is 14.4. The lowest BCUT2D eigenvalue weighted by Gasteiger charge is -2.17. The molecule has 0 heterocycles. The molecule has 0 aliphatic carbocycles. The second-order valence-electron chi connectivity index (χ2n) is 4.72. The number of nitrogens with one attached hydrogen (secondary N) is 1. The maximum Gasteiger partial charge on any atom is 0.335 e. The minimum atomic E-state index is -0.909.